The molecule has 0 bridgehead atoms. The van der Waals surface area contributed by atoms with E-state index in [9.17, 15) is 13.2 Å². The summed E-state index contributed by atoms with van der Waals surface area (Å²) < 4.78 is 37.7. The SMILES string of the molecule is CCC(C)(C)c1ccc(OC(=O)N2CCC3(CCc4cc(-c5ccc(CS(=O)(=O)Cc6ccccn6)cc5)ccc4O3)CC2)cc1. The van der Waals surface area contributed by atoms with Crippen molar-refractivity contribution in [3.8, 4) is 22.6 Å². The van der Waals surface area contributed by atoms with E-state index in [1.807, 2.05) is 54.6 Å². The molecule has 1 amide bonds. The zero-order valence-corrected chi connectivity index (χ0v) is 27.7. The quantitative estimate of drug-likeness (QED) is 0.195. The maximum Gasteiger partial charge on any atom is 0.415 e. The van der Waals surface area contributed by atoms with Crippen molar-refractivity contribution in [2.75, 3.05) is 13.1 Å². The van der Waals surface area contributed by atoms with Crippen LogP contribution in [0.25, 0.3) is 11.1 Å². The van der Waals surface area contributed by atoms with Crippen LogP contribution in [0.5, 0.6) is 11.5 Å². The number of piperidine rings is 1. The fraction of sp³-hybridized carbons (Fsp3) is 0.368. The molecule has 0 atom stereocenters. The predicted octanol–water partition coefficient (Wildman–Crippen LogP) is 7.91. The number of aromatic nitrogens is 1. The highest BCUT2D eigenvalue weighted by Gasteiger charge is 2.41. The van der Waals surface area contributed by atoms with Gasteiger partial charge in [-0.15, -0.1) is 0 Å². The predicted molar refractivity (Wildman–Crippen MR) is 181 cm³/mol. The maximum atomic E-state index is 12.9. The van der Waals surface area contributed by atoms with Crippen LogP contribution in [-0.2, 0) is 33.2 Å². The normalized spacial score (nSPS) is 16.0. The van der Waals surface area contributed by atoms with Gasteiger partial charge in [0.05, 0.1) is 17.2 Å². The minimum Gasteiger partial charge on any atom is -0.487 e. The summed E-state index contributed by atoms with van der Waals surface area (Å²) in [6.45, 7) is 7.79. The van der Waals surface area contributed by atoms with E-state index in [0.29, 0.717) is 24.5 Å². The van der Waals surface area contributed by atoms with Gasteiger partial charge < -0.3 is 14.4 Å². The lowest BCUT2D eigenvalue weighted by Gasteiger charge is -2.44. The lowest BCUT2D eigenvalue weighted by Crippen LogP contribution is -2.51. The molecule has 3 aromatic carbocycles. The molecule has 2 aliphatic heterocycles. The summed E-state index contributed by atoms with van der Waals surface area (Å²) >= 11 is 0. The Morgan fingerprint density at radius 3 is 2.30 bits per heavy atom. The Hall–Kier alpha value is -4.17. The highest BCUT2D eigenvalue weighted by Crippen LogP contribution is 2.41. The topological polar surface area (TPSA) is 85.8 Å². The highest BCUT2D eigenvalue weighted by molar-refractivity contribution is 7.89. The molecule has 3 heterocycles. The number of fused-ring (bicyclic) bond motifs is 1. The standard InChI is InChI=1S/C38H42N2O5S/c1-4-37(2,3)32-13-15-34(16-14-32)44-36(41)40-23-20-38(21-24-40)19-18-31-25-30(12-17-35(31)45-38)29-10-8-28(9-11-29)26-46(42,43)27-33-7-5-6-22-39-33/h5-17,22,25H,4,18-21,23-24,26-27H2,1-3H3. The first-order valence-electron chi connectivity index (χ1n) is 16.1. The van der Waals surface area contributed by atoms with E-state index >= 15 is 0 Å². The number of nitrogens with zero attached hydrogens (tertiary/aromatic N) is 2. The second-order valence-corrected chi connectivity index (χ2v) is 15.3. The van der Waals surface area contributed by atoms with Crippen molar-refractivity contribution in [3.63, 3.8) is 0 Å². The van der Waals surface area contributed by atoms with Gasteiger partial charge in [0.25, 0.3) is 0 Å². The van der Waals surface area contributed by atoms with Gasteiger partial charge in [-0.1, -0.05) is 69.3 Å². The maximum absolute atomic E-state index is 12.9. The summed E-state index contributed by atoms with van der Waals surface area (Å²) in [5.74, 6) is 1.37. The lowest BCUT2D eigenvalue weighted by atomic mass is 9.82. The van der Waals surface area contributed by atoms with E-state index in [2.05, 4.69) is 37.9 Å². The third kappa shape index (κ3) is 7.28. The molecule has 0 N–H and O–H groups in total. The number of hydrogen-bond acceptors (Lipinski definition) is 6. The molecule has 0 aliphatic carbocycles. The molecule has 8 heteroatoms. The minimum atomic E-state index is -3.33. The Balaban J connectivity index is 1.03. The Bertz CT molecular complexity index is 1780. The zero-order valence-electron chi connectivity index (χ0n) is 26.9. The average molecular weight is 639 g/mol. The van der Waals surface area contributed by atoms with Crippen molar-refractivity contribution in [2.24, 2.45) is 0 Å². The number of rotatable bonds is 8. The van der Waals surface area contributed by atoms with Gasteiger partial charge in [-0.05, 0) is 88.9 Å². The minimum absolute atomic E-state index is 0.0241. The number of benzene rings is 3. The first kappa shape index (κ1) is 31.8. The van der Waals surface area contributed by atoms with Gasteiger partial charge in [0.15, 0.2) is 9.84 Å². The summed E-state index contributed by atoms with van der Waals surface area (Å²) in [4.78, 5) is 18.9. The van der Waals surface area contributed by atoms with Crippen molar-refractivity contribution in [2.45, 2.75) is 75.4 Å². The molecule has 4 aromatic rings. The lowest BCUT2D eigenvalue weighted by molar-refractivity contribution is -0.00948. The molecule has 2 aliphatic rings. The highest BCUT2D eigenvalue weighted by atomic mass is 32.2. The van der Waals surface area contributed by atoms with Crippen molar-refractivity contribution in [1.82, 2.24) is 9.88 Å². The van der Waals surface area contributed by atoms with Crippen LogP contribution in [0.2, 0.25) is 0 Å². The van der Waals surface area contributed by atoms with Crippen LogP contribution in [-0.4, -0.2) is 43.1 Å². The molecule has 6 rings (SSSR count). The van der Waals surface area contributed by atoms with Crippen molar-refractivity contribution in [3.05, 3.63) is 114 Å². The number of hydrogen-bond donors (Lipinski definition) is 0. The second kappa shape index (κ2) is 12.9. The largest absolute Gasteiger partial charge is 0.487 e. The van der Waals surface area contributed by atoms with E-state index in [-0.39, 0.29) is 28.6 Å². The molecule has 0 saturated carbocycles. The van der Waals surface area contributed by atoms with Crippen molar-refractivity contribution in [1.29, 1.82) is 0 Å². The second-order valence-electron chi connectivity index (χ2n) is 13.3. The van der Waals surface area contributed by atoms with Gasteiger partial charge in [-0.25, -0.2) is 13.2 Å². The van der Waals surface area contributed by atoms with E-state index in [4.69, 9.17) is 9.47 Å². The summed E-state index contributed by atoms with van der Waals surface area (Å²) in [5.41, 5.74) is 5.63. The van der Waals surface area contributed by atoms with Crippen LogP contribution < -0.4 is 9.47 Å². The molecule has 7 nitrogen and oxygen atoms in total. The summed E-state index contributed by atoms with van der Waals surface area (Å²) in [6.07, 6.45) is 5.66. The first-order valence-corrected chi connectivity index (χ1v) is 17.9. The Morgan fingerprint density at radius 2 is 1.63 bits per heavy atom. The average Bonchev–Trinajstić information content (AvgIpc) is 3.05. The van der Waals surface area contributed by atoms with Crippen LogP contribution in [0, 0.1) is 0 Å². The zero-order chi connectivity index (χ0) is 32.4. The van der Waals surface area contributed by atoms with Gasteiger partial charge in [0.1, 0.15) is 17.1 Å². The van der Waals surface area contributed by atoms with E-state index in [1.165, 1.54) is 11.1 Å². The molecule has 240 valence electrons. The summed E-state index contributed by atoms with van der Waals surface area (Å²) in [6, 6.07) is 27.2. The third-order valence-electron chi connectivity index (χ3n) is 9.66. The molecule has 1 spiro atoms. The van der Waals surface area contributed by atoms with E-state index < -0.39 is 9.84 Å². The number of amides is 1. The van der Waals surface area contributed by atoms with Gasteiger partial charge in [0.2, 0.25) is 0 Å². The van der Waals surface area contributed by atoms with Gasteiger partial charge >= 0.3 is 6.09 Å². The monoisotopic (exact) mass is 638 g/mol. The molecular formula is C38H42N2O5S. The first-order chi connectivity index (χ1) is 22.0. The van der Waals surface area contributed by atoms with E-state index in [0.717, 1.165) is 54.5 Å². The number of likely N-dealkylation sites (tertiary alicyclic amines) is 1. The third-order valence-corrected chi connectivity index (χ3v) is 11.2. The molecular weight excluding hydrogens is 596 g/mol. The van der Waals surface area contributed by atoms with Crippen LogP contribution >= 0.6 is 0 Å². The van der Waals surface area contributed by atoms with Crippen LogP contribution in [0.3, 0.4) is 0 Å². The summed E-state index contributed by atoms with van der Waals surface area (Å²) in [7, 11) is -3.33. The molecule has 1 aromatic heterocycles. The fourth-order valence-corrected chi connectivity index (χ4v) is 7.72. The number of pyridine rings is 1. The molecule has 0 unspecified atom stereocenters. The molecule has 1 fully saturated rings. The van der Waals surface area contributed by atoms with Gasteiger partial charge in [0, 0.05) is 32.1 Å². The van der Waals surface area contributed by atoms with Crippen LogP contribution in [0.1, 0.15) is 68.8 Å². The van der Waals surface area contributed by atoms with Gasteiger partial charge in [-0.3, -0.25) is 4.98 Å². The number of carbonyl (C=O) groups excluding carboxylic acids is 1. The Labute approximate surface area is 272 Å². The molecule has 0 radical (unpaired) electrons. The Kier molecular flexibility index (Phi) is 8.92. The van der Waals surface area contributed by atoms with E-state index in [1.54, 1.807) is 29.3 Å². The number of aryl methyl sites for hydroxylation is 1. The van der Waals surface area contributed by atoms with Crippen molar-refractivity contribution >= 4 is 15.9 Å². The molecule has 46 heavy (non-hydrogen) atoms. The number of ether oxygens (including phenoxy) is 2. The summed E-state index contributed by atoms with van der Waals surface area (Å²) in [5, 5.41) is 0. The molecule has 1 saturated heterocycles. The number of sulfone groups is 1. The number of carbonyl (C=O) groups is 1. The van der Waals surface area contributed by atoms with Crippen molar-refractivity contribution < 1.29 is 22.7 Å². The fourth-order valence-electron chi connectivity index (χ4n) is 6.30. The van der Waals surface area contributed by atoms with Crippen LogP contribution in [0.4, 0.5) is 4.79 Å². The smallest absolute Gasteiger partial charge is 0.415 e. The van der Waals surface area contributed by atoms with Crippen LogP contribution in [0.15, 0.2) is 91.1 Å². The van der Waals surface area contributed by atoms with Gasteiger partial charge in [-0.2, -0.15) is 0 Å². The Morgan fingerprint density at radius 1 is 0.913 bits per heavy atom.